The van der Waals surface area contributed by atoms with Crippen LogP contribution in [-0.4, -0.2) is 31.4 Å². The first-order valence-electron chi connectivity index (χ1n) is 5.50. The molecule has 7 heteroatoms. The maximum absolute atomic E-state index is 12.1. The van der Waals surface area contributed by atoms with Crippen LogP contribution in [0.5, 0.6) is 0 Å². The largest absolute Gasteiger partial charge is 0.345 e. The zero-order valence-corrected chi connectivity index (χ0v) is 13.3. The lowest BCUT2D eigenvalue weighted by molar-refractivity contribution is 0.0919. The summed E-state index contributed by atoms with van der Waals surface area (Å²) in [6, 6.07) is 1.80. The number of sulfone groups is 1. The molecule has 2 rings (SSSR count). The number of thiophene rings is 1. The normalized spacial score (nSPS) is 26.2. The van der Waals surface area contributed by atoms with Gasteiger partial charge in [0.1, 0.15) is 0 Å². The number of rotatable bonds is 2. The fraction of sp³-hybridized carbons (Fsp3) is 0.545. The van der Waals surface area contributed by atoms with Crippen molar-refractivity contribution in [2.24, 2.45) is 0 Å². The van der Waals surface area contributed by atoms with Crippen molar-refractivity contribution in [2.45, 2.75) is 25.8 Å². The van der Waals surface area contributed by atoms with Crippen LogP contribution in [0.4, 0.5) is 0 Å². The summed E-state index contributed by atoms with van der Waals surface area (Å²) >= 11 is 4.73. The summed E-state index contributed by atoms with van der Waals surface area (Å²) in [5, 5.41) is 2.84. The molecule has 0 bridgehead atoms. The van der Waals surface area contributed by atoms with Crippen molar-refractivity contribution < 1.29 is 13.2 Å². The van der Waals surface area contributed by atoms with E-state index < -0.39 is 15.4 Å². The van der Waals surface area contributed by atoms with Crippen LogP contribution < -0.4 is 5.32 Å². The van der Waals surface area contributed by atoms with Gasteiger partial charge in [-0.05, 0) is 47.8 Å². The number of aryl methyl sites for hydroxylation is 1. The summed E-state index contributed by atoms with van der Waals surface area (Å²) in [5.74, 6) is -0.0257. The molecular formula is C11H14BrNO3S2. The highest BCUT2D eigenvalue weighted by molar-refractivity contribution is 9.11. The van der Waals surface area contributed by atoms with E-state index in [2.05, 4.69) is 21.2 Å². The van der Waals surface area contributed by atoms with Gasteiger partial charge in [-0.2, -0.15) is 0 Å². The van der Waals surface area contributed by atoms with Crippen molar-refractivity contribution in [3.05, 3.63) is 20.3 Å². The van der Waals surface area contributed by atoms with Gasteiger partial charge in [0.15, 0.2) is 9.84 Å². The fourth-order valence-corrected chi connectivity index (χ4v) is 5.54. The molecule has 1 fully saturated rings. The van der Waals surface area contributed by atoms with Gasteiger partial charge in [-0.15, -0.1) is 11.3 Å². The summed E-state index contributed by atoms with van der Waals surface area (Å²) in [6.45, 7) is 3.70. The monoisotopic (exact) mass is 351 g/mol. The SMILES string of the molecule is Cc1cc(C(=O)NC2(C)CCS(=O)(=O)C2)sc1Br. The van der Waals surface area contributed by atoms with Crippen molar-refractivity contribution in [3.63, 3.8) is 0 Å². The Morgan fingerprint density at radius 3 is 2.67 bits per heavy atom. The molecule has 1 N–H and O–H groups in total. The zero-order chi connectivity index (χ0) is 13.6. The third-order valence-corrected chi connectivity index (χ3v) is 7.04. The molecule has 0 saturated carbocycles. The van der Waals surface area contributed by atoms with Gasteiger partial charge in [0, 0.05) is 0 Å². The maximum atomic E-state index is 12.1. The highest BCUT2D eigenvalue weighted by Crippen LogP contribution is 2.29. The molecular weight excluding hydrogens is 338 g/mol. The Morgan fingerprint density at radius 2 is 2.22 bits per heavy atom. The van der Waals surface area contributed by atoms with Gasteiger partial charge >= 0.3 is 0 Å². The topological polar surface area (TPSA) is 63.2 Å². The lowest BCUT2D eigenvalue weighted by Gasteiger charge is -2.23. The number of carbonyl (C=O) groups excluding carboxylic acids is 1. The predicted octanol–water partition coefficient (Wildman–Crippen LogP) is 2.13. The van der Waals surface area contributed by atoms with E-state index in [1.165, 1.54) is 11.3 Å². The number of hydrogen-bond donors (Lipinski definition) is 1. The van der Waals surface area contributed by atoms with Crippen molar-refractivity contribution in [1.29, 1.82) is 0 Å². The van der Waals surface area contributed by atoms with E-state index in [-0.39, 0.29) is 17.4 Å². The van der Waals surface area contributed by atoms with Gasteiger partial charge in [0.25, 0.3) is 5.91 Å². The maximum Gasteiger partial charge on any atom is 0.261 e. The fourth-order valence-electron chi connectivity index (χ4n) is 2.02. The highest BCUT2D eigenvalue weighted by atomic mass is 79.9. The Hall–Kier alpha value is -0.400. The number of nitrogens with one attached hydrogen (secondary N) is 1. The lowest BCUT2D eigenvalue weighted by atomic mass is 10.0. The third kappa shape index (κ3) is 2.95. The van der Waals surface area contributed by atoms with Crippen molar-refractivity contribution in [2.75, 3.05) is 11.5 Å². The zero-order valence-electron chi connectivity index (χ0n) is 10.1. The summed E-state index contributed by atoms with van der Waals surface area (Å²) < 4.78 is 23.9. The molecule has 4 nitrogen and oxygen atoms in total. The minimum Gasteiger partial charge on any atom is -0.345 e. The van der Waals surface area contributed by atoms with E-state index >= 15 is 0 Å². The van der Waals surface area contributed by atoms with E-state index in [0.29, 0.717) is 11.3 Å². The average molecular weight is 352 g/mol. The first-order chi connectivity index (χ1) is 8.21. The van der Waals surface area contributed by atoms with Crippen LogP contribution in [0.25, 0.3) is 0 Å². The molecule has 1 amide bonds. The Bertz CT molecular complexity index is 574. The summed E-state index contributed by atoms with van der Waals surface area (Å²) in [7, 11) is -3.01. The molecule has 1 saturated heterocycles. The average Bonchev–Trinajstić information content (AvgIpc) is 2.69. The molecule has 2 heterocycles. The predicted molar refractivity (Wildman–Crippen MR) is 75.9 cm³/mol. The Labute approximate surface area is 119 Å². The van der Waals surface area contributed by atoms with E-state index in [1.54, 1.807) is 13.0 Å². The molecule has 1 aliphatic rings. The minimum atomic E-state index is -3.01. The van der Waals surface area contributed by atoms with Crippen LogP contribution in [0.3, 0.4) is 0 Å². The summed E-state index contributed by atoms with van der Waals surface area (Å²) in [6.07, 6.45) is 0.479. The molecule has 100 valence electrons. The van der Waals surface area contributed by atoms with Gasteiger partial charge in [0.05, 0.1) is 25.7 Å². The second-order valence-electron chi connectivity index (χ2n) is 4.92. The molecule has 0 aliphatic carbocycles. The van der Waals surface area contributed by atoms with Crippen LogP contribution in [0.15, 0.2) is 9.85 Å². The molecule has 18 heavy (non-hydrogen) atoms. The minimum absolute atomic E-state index is 0.0251. The van der Waals surface area contributed by atoms with Gasteiger partial charge < -0.3 is 5.32 Å². The van der Waals surface area contributed by atoms with Crippen molar-refractivity contribution >= 4 is 43.0 Å². The molecule has 1 aliphatic heterocycles. The molecule has 0 aromatic carbocycles. The second kappa shape index (κ2) is 4.61. The number of carbonyl (C=O) groups is 1. The number of halogens is 1. The Kier molecular flexibility index (Phi) is 3.59. The Morgan fingerprint density at radius 1 is 1.56 bits per heavy atom. The third-order valence-electron chi connectivity index (χ3n) is 3.00. The first-order valence-corrected chi connectivity index (χ1v) is 8.93. The van der Waals surface area contributed by atoms with E-state index in [1.807, 2.05) is 6.92 Å². The lowest BCUT2D eigenvalue weighted by Crippen LogP contribution is -2.46. The molecule has 0 radical (unpaired) electrons. The standard InChI is InChI=1S/C11H14BrNO3S2/c1-7-5-8(17-9(7)12)10(14)13-11(2)3-4-18(15,16)6-11/h5H,3-4,6H2,1-2H3,(H,13,14). The van der Waals surface area contributed by atoms with Crippen LogP contribution in [-0.2, 0) is 9.84 Å². The molecule has 0 spiro atoms. The molecule has 1 aromatic rings. The van der Waals surface area contributed by atoms with Crippen LogP contribution >= 0.6 is 27.3 Å². The highest BCUT2D eigenvalue weighted by Gasteiger charge is 2.39. The number of amides is 1. The van der Waals surface area contributed by atoms with E-state index in [0.717, 1.165) is 9.35 Å². The summed E-state index contributed by atoms with van der Waals surface area (Å²) in [4.78, 5) is 12.7. The molecule has 1 atom stereocenters. The number of hydrogen-bond acceptors (Lipinski definition) is 4. The first kappa shape index (κ1) is 14.0. The van der Waals surface area contributed by atoms with Gasteiger partial charge in [-0.1, -0.05) is 0 Å². The smallest absolute Gasteiger partial charge is 0.261 e. The molecule has 1 unspecified atom stereocenters. The van der Waals surface area contributed by atoms with Crippen molar-refractivity contribution in [1.82, 2.24) is 5.32 Å². The van der Waals surface area contributed by atoms with E-state index in [9.17, 15) is 13.2 Å². The van der Waals surface area contributed by atoms with Gasteiger partial charge in [-0.3, -0.25) is 4.79 Å². The van der Waals surface area contributed by atoms with Gasteiger partial charge in [0.2, 0.25) is 0 Å². The van der Waals surface area contributed by atoms with Crippen LogP contribution in [0.1, 0.15) is 28.6 Å². The summed E-state index contributed by atoms with van der Waals surface area (Å²) in [5.41, 5.74) is 0.370. The Balaban J connectivity index is 2.13. The van der Waals surface area contributed by atoms with Crippen LogP contribution in [0, 0.1) is 6.92 Å². The van der Waals surface area contributed by atoms with E-state index in [4.69, 9.17) is 0 Å². The van der Waals surface area contributed by atoms with Crippen molar-refractivity contribution in [3.8, 4) is 0 Å². The van der Waals surface area contributed by atoms with Crippen LogP contribution in [0.2, 0.25) is 0 Å². The quantitative estimate of drug-likeness (QED) is 0.887. The molecule has 1 aromatic heterocycles. The van der Waals surface area contributed by atoms with Gasteiger partial charge in [-0.25, -0.2) is 8.42 Å². The second-order valence-corrected chi connectivity index (χ2v) is 9.48.